The van der Waals surface area contributed by atoms with Gasteiger partial charge in [0.2, 0.25) is 0 Å². The van der Waals surface area contributed by atoms with Crippen molar-refractivity contribution >= 4 is 80.9 Å². The van der Waals surface area contributed by atoms with Gasteiger partial charge in [0, 0.05) is 41.9 Å². The molecule has 0 atom stereocenters. The fourth-order valence-corrected chi connectivity index (χ4v) is 7.67. The van der Waals surface area contributed by atoms with Gasteiger partial charge in [-0.1, -0.05) is 78.9 Å². The van der Waals surface area contributed by atoms with Crippen LogP contribution in [0.2, 0.25) is 0 Å². The first kappa shape index (κ1) is 23.4. The van der Waals surface area contributed by atoms with Crippen LogP contribution < -0.4 is 10.5 Å². The van der Waals surface area contributed by atoms with Gasteiger partial charge < -0.3 is 19.5 Å². The highest BCUT2D eigenvalue weighted by Gasteiger charge is 2.19. The van der Waals surface area contributed by atoms with Crippen molar-refractivity contribution in [3.8, 4) is 11.4 Å². The summed E-state index contributed by atoms with van der Waals surface area (Å²) in [5.41, 5.74) is 13.6. The van der Waals surface area contributed by atoms with Crippen molar-refractivity contribution in [3.63, 3.8) is 0 Å². The molecule has 0 fully saturated rings. The Morgan fingerprint density at radius 2 is 1.29 bits per heavy atom. The van der Waals surface area contributed by atoms with E-state index in [1.54, 1.807) is 0 Å². The van der Waals surface area contributed by atoms with Crippen molar-refractivity contribution < 1.29 is 9.15 Å². The number of hydrogen-bond acceptors (Lipinski definition) is 4. The molecule has 3 heterocycles. The van der Waals surface area contributed by atoms with Crippen molar-refractivity contribution in [1.29, 1.82) is 0 Å². The van der Waals surface area contributed by atoms with Gasteiger partial charge in [-0.05, 0) is 42.5 Å². The summed E-state index contributed by atoms with van der Waals surface area (Å²) in [5, 5.41) is 6.90. The van der Waals surface area contributed by atoms with E-state index in [-0.39, 0.29) is 0 Å². The third-order valence-corrected chi connectivity index (χ3v) is 9.58. The van der Waals surface area contributed by atoms with Gasteiger partial charge in [-0.25, -0.2) is 0 Å². The molecular formula is C37H24N2O2S. The standard InChI is InChI=1S/C37H24N2O2S/c38-36-32(20-19-31-35(36)25-11-3-7-15-30(25)41-31)40-21-22-17-18-29(34-26-12-4-8-16-33(26)42-37(22)34)39-27-13-5-1-9-23(27)24-10-2-6-14-28(24)39/h1-20H,21,38H2. The Morgan fingerprint density at radius 1 is 0.619 bits per heavy atom. The zero-order chi connectivity index (χ0) is 27.8. The minimum absolute atomic E-state index is 0.405. The molecule has 4 nitrogen and oxygen atoms in total. The number of furan rings is 1. The molecule has 6 aromatic carbocycles. The molecule has 0 spiro atoms. The zero-order valence-electron chi connectivity index (χ0n) is 22.5. The Kier molecular flexibility index (Phi) is 4.95. The first-order valence-corrected chi connectivity index (χ1v) is 14.8. The van der Waals surface area contributed by atoms with Crippen molar-refractivity contribution in [2.24, 2.45) is 0 Å². The highest BCUT2D eigenvalue weighted by Crippen LogP contribution is 2.43. The lowest BCUT2D eigenvalue weighted by molar-refractivity contribution is 0.310. The number of nitrogens with two attached hydrogens (primary N) is 1. The van der Waals surface area contributed by atoms with Crippen molar-refractivity contribution in [2.45, 2.75) is 6.61 Å². The summed E-state index contributed by atoms with van der Waals surface area (Å²) in [6, 6.07) is 42.3. The molecule has 0 radical (unpaired) electrons. The molecule has 0 unspecified atom stereocenters. The van der Waals surface area contributed by atoms with E-state index in [1.807, 2.05) is 47.7 Å². The maximum atomic E-state index is 6.68. The molecule has 200 valence electrons. The highest BCUT2D eigenvalue weighted by atomic mass is 32.1. The second-order valence-corrected chi connectivity index (χ2v) is 11.7. The van der Waals surface area contributed by atoms with E-state index in [0.717, 1.165) is 27.5 Å². The number of hydrogen-bond donors (Lipinski definition) is 1. The Balaban J connectivity index is 1.22. The summed E-state index contributed by atoms with van der Waals surface area (Å²) >= 11 is 1.82. The summed E-state index contributed by atoms with van der Waals surface area (Å²) in [4.78, 5) is 0. The van der Waals surface area contributed by atoms with Gasteiger partial charge in [0.25, 0.3) is 0 Å². The first-order chi connectivity index (χ1) is 20.8. The molecule has 0 aliphatic rings. The predicted octanol–water partition coefficient (Wildman–Crippen LogP) is 10.2. The van der Waals surface area contributed by atoms with Crippen LogP contribution in [-0.2, 0) is 6.61 Å². The van der Waals surface area contributed by atoms with E-state index in [4.69, 9.17) is 14.9 Å². The lowest BCUT2D eigenvalue weighted by Crippen LogP contribution is -2.01. The number of aromatic nitrogens is 1. The Morgan fingerprint density at radius 3 is 2.07 bits per heavy atom. The van der Waals surface area contributed by atoms with Gasteiger partial charge in [-0.2, -0.15) is 0 Å². The normalized spacial score (nSPS) is 12.0. The zero-order valence-corrected chi connectivity index (χ0v) is 23.3. The first-order valence-electron chi connectivity index (χ1n) is 14.0. The number of benzene rings is 6. The molecule has 0 amide bonds. The van der Waals surface area contributed by atoms with E-state index in [2.05, 4.69) is 89.5 Å². The van der Waals surface area contributed by atoms with Gasteiger partial charge in [0.15, 0.2) is 0 Å². The van der Waals surface area contributed by atoms with Crippen LogP contribution in [0.4, 0.5) is 5.69 Å². The van der Waals surface area contributed by atoms with Gasteiger partial charge in [-0.3, -0.25) is 0 Å². The summed E-state index contributed by atoms with van der Waals surface area (Å²) in [6.07, 6.45) is 0. The number of nitrogens with zero attached hydrogens (tertiary/aromatic N) is 1. The maximum absolute atomic E-state index is 6.68. The number of rotatable bonds is 4. The van der Waals surface area contributed by atoms with Crippen molar-refractivity contribution in [1.82, 2.24) is 4.57 Å². The molecule has 0 aliphatic heterocycles. The van der Waals surface area contributed by atoms with E-state index >= 15 is 0 Å². The van der Waals surface area contributed by atoms with E-state index < -0.39 is 0 Å². The van der Waals surface area contributed by atoms with Crippen LogP contribution in [0.5, 0.6) is 5.75 Å². The number of para-hydroxylation sites is 3. The van der Waals surface area contributed by atoms with Crippen LogP contribution in [0.25, 0.3) is 69.6 Å². The molecular weight excluding hydrogens is 536 g/mol. The quantitative estimate of drug-likeness (QED) is 0.218. The van der Waals surface area contributed by atoms with E-state index in [9.17, 15) is 0 Å². The molecule has 0 aliphatic carbocycles. The van der Waals surface area contributed by atoms with Gasteiger partial charge in [-0.15, -0.1) is 11.3 Å². The van der Waals surface area contributed by atoms with Gasteiger partial charge >= 0.3 is 0 Å². The average Bonchev–Trinajstić information content (AvgIpc) is 3.71. The third kappa shape index (κ3) is 3.28. The lowest BCUT2D eigenvalue weighted by atomic mass is 10.1. The minimum atomic E-state index is 0.405. The van der Waals surface area contributed by atoms with Crippen molar-refractivity contribution in [2.75, 3.05) is 5.73 Å². The van der Waals surface area contributed by atoms with Crippen LogP contribution in [0.3, 0.4) is 0 Å². The van der Waals surface area contributed by atoms with Gasteiger partial charge in [0.05, 0.1) is 27.8 Å². The molecule has 0 bridgehead atoms. The van der Waals surface area contributed by atoms with Crippen LogP contribution in [0.1, 0.15) is 5.56 Å². The SMILES string of the molecule is Nc1c(OCc2ccc(-n3c4ccccc4c4ccccc43)c3c2sc2ccccc23)ccc2oc3ccccc3c12. The van der Waals surface area contributed by atoms with E-state index in [1.165, 1.54) is 47.7 Å². The predicted molar refractivity (Wildman–Crippen MR) is 176 cm³/mol. The largest absolute Gasteiger partial charge is 0.487 e. The molecule has 0 saturated heterocycles. The number of anilines is 1. The molecule has 3 aromatic heterocycles. The van der Waals surface area contributed by atoms with Crippen molar-refractivity contribution in [3.05, 3.63) is 127 Å². The second-order valence-electron chi connectivity index (χ2n) is 10.7. The molecule has 9 rings (SSSR count). The summed E-state index contributed by atoms with van der Waals surface area (Å²) < 4.78 is 17.4. The molecule has 5 heteroatoms. The summed E-state index contributed by atoms with van der Waals surface area (Å²) in [5.74, 6) is 0.662. The molecule has 42 heavy (non-hydrogen) atoms. The van der Waals surface area contributed by atoms with Crippen LogP contribution in [0, 0.1) is 0 Å². The second kappa shape index (κ2) is 8.87. The number of ether oxygens (including phenoxy) is 1. The minimum Gasteiger partial charge on any atom is -0.487 e. The topological polar surface area (TPSA) is 53.3 Å². The fraction of sp³-hybridized carbons (Fsp3) is 0.0270. The fourth-order valence-electron chi connectivity index (χ4n) is 6.45. The molecule has 2 N–H and O–H groups in total. The lowest BCUT2D eigenvalue weighted by Gasteiger charge is -2.14. The molecule has 0 saturated carbocycles. The Labute approximate surface area is 244 Å². The number of thiophene rings is 1. The van der Waals surface area contributed by atoms with Crippen LogP contribution >= 0.6 is 11.3 Å². The highest BCUT2D eigenvalue weighted by molar-refractivity contribution is 7.26. The Bertz CT molecular complexity index is 2440. The van der Waals surface area contributed by atoms with E-state index in [0.29, 0.717) is 18.0 Å². The summed E-state index contributed by atoms with van der Waals surface area (Å²) in [7, 11) is 0. The maximum Gasteiger partial charge on any atom is 0.143 e. The summed E-state index contributed by atoms with van der Waals surface area (Å²) in [6.45, 7) is 0.405. The van der Waals surface area contributed by atoms with Crippen LogP contribution in [-0.4, -0.2) is 4.57 Å². The third-order valence-electron chi connectivity index (χ3n) is 8.33. The average molecular weight is 561 g/mol. The van der Waals surface area contributed by atoms with Gasteiger partial charge in [0.1, 0.15) is 23.5 Å². The van der Waals surface area contributed by atoms with Crippen LogP contribution in [0.15, 0.2) is 126 Å². The molecule has 9 aromatic rings. The smallest absolute Gasteiger partial charge is 0.143 e. The number of fused-ring (bicyclic) bond motifs is 9. The Hall–Kier alpha value is -5.26. The monoisotopic (exact) mass is 560 g/mol. The number of nitrogen functional groups attached to an aromatic ring is 1.